The Kier molecular flexibility index (Phi) is 5.20. The maximum Gasteiger partial charge on any atom is 0.254 e. The molecule has 2 rings (SSSR count). The first-order valence-electron chi connectivity index (χ1n) is 7.41. The summed E-state index contributed by atoms with van der Waals surface area (Å²) in [5, 5.41) is 0. The normalized spacial score (nSPS) is 20.1. The van der Waals surface area contributed by atoms with Crippen LogP contribution in [-0.2, 0) is 9.84 Å². The second-order valence-electron chi connectivity index (χ2n) is 5.58. The molecule has 0 radical (unpaired) electrons. The van der Waals surface area contributed by atoms with E-state index in [2.05, 4.69) is 4.90 Å². The lowest BCUT2D eigenvalue weighted by Crippen LogP contribution is -2.56. The molecule has 0 bridgehead atoms. The fourth-order valence-corrected chi connectivity index (χ4v) is 3.50. The molecule has 22 heavy (non-hydrogen) atoms. The van der Waals surface area contributed by atoms with Crippen LogP contribution in [0, 0.1) is 0 Å². The SMILES string of the molecule is CCS(=O)(=O)c1ccc(C(=O)N2CCN(C)CC2CN)cc1. The number of nitrogens with two attached hydrogens (primary N) is 1. The molecule has 1 atom stereocenters. The average Bonchev–Trinajstić information content (AvgIpc) is 2.54. The third-order valence-electron chi connectivity index (χ3n) is 4.06. The van der Waals surface area contributed by atoms with Crippen molar-refractivity contribution in [1.82, 2.24) is 9.80 Å². The van der Waals surface area contributed by atoms with Gasteiger partial charge in [0, 0.05) is 31.7 Å². The van der Waals surface area contributed by atoms with E-state index >= 15 is 0 Å². The third-order valence-corrected chi connectivity index (χ3v) is 5.81. The van der Waals surface area contributed by atoms with Crippen molar-refractivity contribution in [3.05, 3.63) is 29.8 Å². The lowest BCUT2D eigenvalue weighted by Gasteiger charge is -2.39. The summed E-state index contributed by atoms with van der Waals surface area (Å²) in [5.74, 6) is -0.0439. The van der Waals surface area contributed by atoms with Gasteiger partial charge in [0.25, 0.3) is 5.91 Å². The van der Waals surface area contributed by atoms with Crippen molar-refractivity contribution >= 4 is 15.7 Å². The number of piperazine rings is 1. The minimum absolute atomic E-state index is 0.00898. The van der Waals surface area contributed by atoms with Gasteiger partial charge in [-0.15, -0.1) is 0 Å². The van der Waals surface area contributed by atoms with E-state index in [0.29, 0.717) is 18.7 Å². The van der Waals surface area contributed by atoms with Crippen molar-refractivity contribution in [1.29, 1.82) is 0 Å². The smallest absolute Gasteiger partial charge is 0.254 e. The summed E-state index contributed by atoms with van der Waals surface area (Å²) in [5.41, 5.74) is 6.27. The Labute approximate surface area is 131 Å². The van der Waals surface area contributed by atoms with E-state index in [0.717, 1.165) is 13.1 Å². The zero-order valence-corrected chi connectivity index (χ0v) is 13.8. The van der Waals surface area contributed by atoms with Crippen LogP contribution in [0.15, 0.2) is 29.2 Å². The predicted molar refractivity (Wildman–Crippen MR) is 85.5 cm³/mol. The highest BCUT2D eigenvalue weighted by molar-refractivity contribution is 7.91. The topological polar surface area (TPSA) is 83.7 Å². The number of benzene rings is 1. The van der Waals surface area contributed by atoms with Crippen molar-refractivity contribution in [3.63, 3.8) is 0 Å². The molecule has 0 spiro atoms. The zero-order chi connectivity index (χ0) is 16.3. The van der Waals surface area contributed by atoms with Crippen LogP contribution < -0.4 is 5.73 Å². The van der Waals surface area contributed by atoms with Crippen molar-refractivity contribution in [2.45, 2.75) is 17.9 Å². The van der Waals surface area contributed by atoms with E-state index in [4.69, 9.17) is 5.73 Å². The highest BCUT2D eigenvalue weighted by Gasteiger charge is 2.28. The van der Waals surface area contributed by atoms with Crippen LogP contribution in [0.2, 0.25) is 0 Å². The molecule has 1 unspecified atom stereocenters. The van der Waals surface area contributed by atoms with Gasteiger partial charge >= 0.3 is 0 Å². The quantitative estimate of drug-likeness (QED) is 0.855. The van der Waals surface area contributed by atoms with E-state index in [1.165, 1.54) is 12.1 Å². The number of carbonyl (C=O) groups excluding carboxylic acids is 1. The Morgan fingerprint density at radius 1 is 1.27 bits per heavy atom. The standard InChI is InChI=1S/C15H23N3O3S/c1-3-22(20,21)14-6-4-12(5-7-14)15(19)18-9-8-17(2)11-13(18)10-16/h4-7,13H,3,8-11,16H2,1-2H3. The van der Waals surface area contributed by atoms with E-state index in [1.807, 2.05) is 7.05 Å². The number of nitrogens with zero attached hydrogens (tertiary/aromatic N) is 2. The number of rotatable bonds is 4. The molecule has 1 aliphatic rings. The molecule has 1 saturated heterocycles. The van der Waals surface area contributed by atoms with Crippen molar-refractivity contribution in [3.8, 4) is 0 Å². The summed E-state index contributed by atoms with van der Waals surface area (Å²) in [6, 6.07) is 6.15. The summed E-state index contributed by atoms with van der Waals surface area (Å²) < 4.78 is 23.6. The Bertz CT molecular complexity index is 628. The van der Waals surface area contributed by atoms with Gasteiger partial charge in [0.15, 0.2) is 9.84 Å². The maximum atomic E-state index is 12.6. The first-order valence-corrected chi connectivity index (χ1v) is 9.06. The molecule has 0 aromatic heterocycles. The van der Waals surface area contributed by atoms with E-state index in [1.54, 1.807) is 24.0 Å². The van der Waals surface area contributed by atoms with Crippen LogP contribution in [0.1, 0.15) is 17.3 Å². The number of hydrogen-bond acceptors (Lipinski definition) is 5. The Morgan fingerprint density at radius 2 is 1.91 bits per heavy atom. The number of amides is 1. The van der Waals surface area contributed by atoms with Gasteiger partial charge in [-0.1, -0.05) is 6.92 Å². The second-order valence-corrected chi connectivity index (χ2v) is 7.86. The zero-order valence-electron chi connectivity index (χ0n) is 13.0. The fourth-order valence-electron chi connectivity index (χ4n) is 2.62. The Hall–Kier alpha value is -1.44. The second kappa shape index (κ2) is 6.76. The van der Waals surface area contributed by atoms with Crippen molar-refractivity contribution in [2.75, 3.05) is 39.0 Å². The van der Waals surface area contributed by atoms with E-state index in [9.17, 15) is 13.2 Å². The third kappa shape index (κ3) is 3.48. The van der Waals surface area contributed by atoms with Gasteiger partial charge in [0.1, 0.15) is 0 Å². The van der Waals surface area contributed by atoms with E-state index in [-0.39, 0.29) is 22.6 Å². The Balaban J connectivity index is 2.19. The molecule has 122 valence electrons. The van der Waals surface area contributed by atoms with Gasteiger partial charge in [0.05, 0.1) is 16.7 Å². The van der Waals surface area contributed by atoms with Gasteiger partial charge in [-0.2, -0.15) is 0 Å². The summed E-state index contributed by atoms with van der Waals surface area (Å²) in [6.07, 6.45) is 0. The molecule has 1 fully saturated rings. The highest BCUT2D eigenvalue weighted by Crippen LogP contribution is 2.16. The summed E-state index contributed by atoms with van der Waals surface area (Å²) in [7, 11) is -1.23. The van der Waals surface area contributed by atoms with Crippen LogP contribution in [0.4, 0.5) is 0 Å². The molecule has 1 heterocycles. The van der Waals surface area contributed by atoms with Crippen LogP contribution >= 0.6 is 0 Å². The van der Waals surface area contributed by atoms with Crippen LogP contribution in [0.5, 0.6) is 0 Å². The van der Waals surface area contributed by atoms with Gasteiger partial charge < -0.3 is 15.5 Å². The molecule has 1 amide bonds. The van der Waals surface area contributed by atoms with Crippen LogP contribution in [0.25, 0.3) is 0 Å². The minimum Gasteiger partial charge on any atom is -0.332 e. The average molecular weight is 325 g/mol. The summed E-state index contributed by atoms with van der Waals surface area (Å²) in [4.78, 5) is 16.8. The lowest BCUT2D eigenvalue weighted by molar-refractivity contribution is 0.0516. The van der Waals surface area contributed by atoms with E-state index < -0.39 is 9.84 Å². The first kappa shape index (κ1) is 16.9. The number of likely N-dealkylation sites (N-methyl/N-ethyl adjacent to an activating group) is 1. The van der Waals surface area contributed by atoms with Crippen LogP contribution in [0.3, 0.4) is 0 Å². The Morgan fingerprint density at radius 3 is 2.45 bits per heavy atom. The van der Waals surface area contributed by atoms with Gasteiger partial charge in [-0.25, -0.2) is 8.42 Å². The number of carbonyl (C=O) groups is 1. The molecular weight excluding hydrogens is 302 g/mol. The molecule has 0 saturated carbocycles. The van der Waals surface area contributed by atoms with Crippen LogP contribution in [-0.4, -0.2) is 69.1 Å². The molecule has 1 aliphatic heterocycles. The van der Waals surface area contributed by atoms with Crippen molar-refractivity contribution < 1.29 is 13.2 Å². The molecule has 7 heteroatoms. The molecule has 2 N–H and O–H groups in total. The largest absolute Gasteiger partial charge is 0.332 e. The van der Waals surface area contributed by atoms with Gasteiger partial charge in [-0.05, 0) is 31.3 Å². The number of hydrogen-bond donors (Lipinski definition) is 1. The first-order chi connectivity index (χ1) is 10.4. The molecular formula is C15H23N3O3S. The lowest BCUT2D eigenvalue weighted by atomic mass is 10.1. The van der Waals surface area contributed by atoms with Crippen molar-refractivity contribution in [2.24, 2.45) is 5.73 Å². The molecule has 6 nitrogen and oxygen atoms in total. The molecule has 1 aromatic carbocycles. The monoisotopic (exact) mass is 325 g/mol. The highest BCUT2D eigenvalue weighted by atomic mass is 32.2. The summed E-state index contributed by atoms with van der Waals surface area (Å²) in [6.45, 7) is 4.21. The number of sulfone groups is 1. The molecule has 1 aromatic rings. The fraction of sp³-hybridized carbons (Fsp3) is 0.533. The van der Waals surface area contributed by atoms with Gasteiger partial charge in [-0.3, -0.25) is 4.79 Å². The minimum atomic E-state index is -3.24. The maximum absolute atomic E-state index is 12.6. The van der Waals surface area contributed by atoms with Gasteiger partial charge in [0.2, 0.25) is 0 Å². The summed E-state index contributed by atoms with van der Waals surface area (Å²) >= 11 is 0. The predicted octanol–water partition coefficient (Wildman–Crippen LogP) is 0.195. The molecule has 0 aliphatic carbocycles.